The standard InChI is InChI=1S/C13H20ClNO/c1-3-15-8-4-5-9-16-13-10-12(14)7-6-11(13)2/h6-7,10,15H,3-5,8-9H2,1-2H3. The zero-order chi connectivity index (χ0) is 11.8. The molecule has 1 aromatic rings. The number of hydrogen-bond donors (Lipinski definition) is 1. The van der Waals surface area contributed by atoms with Crippen molar-refractivity contribution in [1.29, 1.82) is 0 Å². The van der Waals surface area contributed by atoms with Crippen LogP contribution in [0.4, 0.5) is 0 Å². The van der Waals surface area contributed by atoms with Crippen molar-refractivity contribution < 1.29 is 4.74 Å². The van der Waals surface area contributed by atoms with E-state index >= 15 is 0 Å². The van der Waals surface area contributed by atoms with E-state index < -0.39 is 0 Å². The normalized spacial score (nSPS) is 10.4. The lowest BCUT2D eigenvalue weighted by atomic mass is 10.2. The largest absolute Gasteiger partial charge is 0.493 e. The number of unbranched alkanes of at least 4 members (excludes halogenated alkanes) is 1. The second-order valence-corrected chi connectivity index (χ2v) is 4.26. The minimum absolute atomic E-state index is 0.730. The van der Waals surface area contributed by atoms with Gasteiger partial charge in [-0.1, -0.05) is 24.6 Å². The van der Waals surface area contributed by atoms with Gasteiger partial charge in [-0.3, -0.25) is 0 Å². The number of rotatable bonds is 7. The van der Waals surface area contributed by atoms with Crippen LogP contribution in [-0.4, -0.2) is 19.7 Å². The van der Waals surface area contributed by atoms with Crippen LogP contribution in [0, 0.1) is 6.92 Å². The van der Waals surface area contributed by atoms with E-state index in [0.29, 0.717) is 0 Å². The number of hydrogen-bond acceptors (Lipinski definition) is 2. The Balaban J connectivity index is 2.23. The van der Waals surface area contributed by atoms with Gasteiger partial charge in [0, 0.05) is 5.02 Å². The highest BCUT2D eigenvalue weighted by molar-refractivity contribution is 6.30. The predicted molar refractivity (Wildman–Crippen MR) is 69.5 cm³/mol. The highest BCUT2D eigenvalue weighted by Gasteiger charge is 2.00. The van der Waals surface area contributed by atoms with E-state index in [2.05, 4.69) is 12.2 Å². The van der Waals surface area contributed by atoms with Crippen LogP contribution in [0.25, 0.3) is 0 Å². The summed E-state index contributed by atoms with van der Waals surface area (Å²) in [5.74, 6) is 0.899. The SMILES string of the molecule is CCNCCCCOc1cc(Cl)ccc1C. The summed E-state index contributed by atoms with van der Waals surface area (Å²) in [6.07, 6.45) is 2.21. The highest BCUT2D eigenvalue weighted by Crippen LogP contribution is 2.22. The van der Waals surface area contributed by atoms with Gasteiger partial charge in [0.1, 0.15) is 5.75 Å². The van der Waals surface area contributed by atoms with Crippen molar-refractivity contribution in [3.63, 3.8) is 0 Å². The predicted octanol–water partition coefficient (Wildman–Crippen LogP) is 3.42. The summed E-state index contributed by atoms with van der Waals surface area (Å²) in [6.45, 7) is 7.01. The third kappa shape index (κ3) is 4.86. The lowest BCUT2D eigenvalue weighted by Gasteiger charge is -2.09. The minimum Gasteiger partial charge on any atom is -0.493 e. The fourth-order valence-corrected chi connectivity index (χ4v) is 1.60. The molecule has 0 aliphatic rings. The zero-order valence-corrected chi connectivity index (χ0v) is 10.8. The molecule has 16 heavy (non-hydrogen) atoms. The van der Waals surface area contributed by atoms with Crippen LogP contribution in [-0.2, 0) is 0 Å². The van der Waals surface area contributed by atoms with Gasteiger partial charge in [-0.2, -0.15) is 0 Å². The molecule has 90 valence electrons. The molecule has 2 nitrogen and oxygen atoms in total. The Labute approximate surface area is 103 Å². The number of benzene rings is 1. The highest BCUT2D eigenvalue weighted by atomic mass is 35.5. The van der Waals surface area contributed by atoms with Crippen LogP contribution in [0.15, 0.2) is 18.2 Å². The monoisotopic (exact) mass is 241 g/mol. The molecule has 1 aromatic carbocycles. The third-order valence-electron chi connectivity index (χ3n) is 2.41. The molecular formula is C13H20ClNO. The molecule has 0 atom stereocenters. The summed E-state index contributed by atoms with van der Waals surface area (Å²) in [6, 6.07) is 5.74. The van der Waals surface area contributed by atoms with E-state index in [0.717, 1.165) is 48.9 Å². The number of ether oxygens (including phenoxy) is 1. The maximum absolute atomic E-state index is 5.91. The summed E-state index contributed by atoms with van der Waals surface area (Å²) in [5.41, 5.74) is 1.14. The van der Waals surface area contributed by atoms with Gasteiger partial charge in [0.15, 0.2) is 0 Å². The van der Waals surface area contributed by atoms with Gasteiger partial charge in [-0.25, -0.2) is 0 Å². The van der Waals surface area contributed by atoms with Crippen LogP contribution in [0.1, 0.15) is 25.3 Å². The van der Waals surface area contributed by atoms with Gasteiger partial charge in [-0.05, 0) is 50.6 Å². The molecule has 0 heterocycles. The van der Waals surface area contributed by atoms with Crippen molar-refractivity contribution in [3.05, 3.63) is 28.8 Å². The van der Waals surface area contributed by atoms with E-state index in [1.54, 1.807) is 0 Å². The van der Waals surface area contributed by atoms with E-state index in [9.17, 15) is 0 Å². The van der Waals surface area contributed by atoms with Crippen LogP contribution in [0.3, 0.4) is 0 Å². The van der Waals surface area contributed by atoms with Gasteiger partial charge >= 0.3 is 0 Å². The Morgan fingerprint density at radius 1 is 1.31 bits per heavy atom. The van der Waals surface area contributed by atoms with Gasteiger partial charge in [0.05, 0.1) is 6.61 Å². The molecule has 0 fully saturated rings. The molecular weight excluding hydrogens is 222 g/mol. The molecule has 0 saturated carbocycles. The first kappa shape index (κ1) is 13.3. The third-order valence-corrected chi connectivity index (χ3v) is 2.64. The maximum atomic E-state index is 5.91. The first-order valence-corrected chi connectivity index (χ1v) is 6.21. The summed E-state index contributed by atoms with van der Waals surface area (Å²) in [7, 11) is 0. The van der Waals surface area contributed by atoms with Gasteiger partial charge < -0.3 is 10.1 Å². The first-order chi connectivity index (χ1) is 7.74. The Bertz CT molecular complexity index is 315. The van der Waals surface area contributed by atoms with E-state index in [4.69, 9.17) is 16.3 Å². The molecule has 0 aromatic heterocycles. The second kappa shape index (κ2) is 7.53. The van der Waals surface area contributed by atoms with Crippen LogP contribution in [0.2, 0.25) is 5.02 Å². The lowest BCUT2D eigenvalue weighted by Crippen LogP contribution is -2.14. The Morgan fingerprint density at radius 3 is 2.88 bits per heavy atom. The minimum atomic E-state index is 0.730. The van der Waals surface area contributed by atoms with Crippen molar-refractivity contribution in [1.82, 2.24) is 5.32 Å². The van der Waals surface area contributed by atoms with Crippen LogP contribution in [0.5, 0.6) is 5.75 Å². The molecule has 0 saturated heterocycles. The van der Waals surface area contributed by atoms with E-state index in [1.807, 2.05) is 25.1 Å². The molecule has 0 bridgehead atoms. The molecule has 0 spiro atoms. The molecule has 0 aliphatic heterocycles. The average Bonchev–Trinajstić information content (AvgIpc) is 2.28. The Hall–Kier alpha value is -0.730. The Kier molecular flexibility index (Phi) is 6.27. The quantitative estimate of drug-likeness (QED) is 0.739. The fraction of sp³-hybridized carbons (Fsp3) is 0.538. The lowest BCUT2D eigenvalue weighted by molar-refractivity contribution is 0.304. The molecule has 0 aliphatic carbocycles. The van der Waals surface area contributed by atoms with Gasteiger partial charge in [0.25, 0.3) is 0 Å². The zero-order valence-electron chi connectivity index (χ0n) is 10.1. The van der Waals surface area contributed by atoms with Crippen molar-refractivity contribution in [2.45, 2.75) is 26.7 Å². The topological polar surface area (TPSA) is 21.3 Å². The molecule has 0 unspecified atom stereocenters. The fourth-order valence-electron chi connectivity index (χ4n) is 1.44. The van der Waals surface area contributed by atoms with Crippen molar-refractivity contribution in [2.75, 3.05) is 19.7 Å². The summed E-state index contributed by atoms with van der Waals surface area (Å²) >= 11 is 5.91. The van der Waals surface area contributed by atoms with Crippen molar-refractivity contribution in [2.24, 2.45) is 0 Å². The molecule has 0 radical (unpaired) electrons. The van der Waals surface area contributed by atoms with Crippen LogP contribution >= 0.6 is 11.6 Å². The van der Waals surface area contributed by atoms with E-state index in [1.165, 1.54) is 0 Å². The number of nitrogens with one attached hydrogen (secondary N) is 1. The smallest absolute Gasteiger partial charge is 0.123 e. The van der Waals surface area contributed by atoms with Crippen molar-refractivity contribution >= 4 is 11.6 Å². The summed E-state index contributed by atoms with van der Waals surface area (Å²) in [4.78, 5) is 0. The van der Waals surface area contributed by atoms with Gasteiger partial charge in [-0.15, -0.1) is 0 Å². The van der Waals surface area contributed by atoms with Crippen molar-refractivity contribution in [3.8, 4) is 5.75 Å². The molecule has 1 rings (SSSR count). The first-order valence-electron chi connectivity index (χ1n) is 5.83. The van der Waals surface area contributed by atoms with Crippen LogP contribution < -0.4 is 10.1 Å². The summed E-state index contributed by atoms with van der Waals surface area (Å²) in [5, 5.41) is 4.02. The number of halogens is 1. The average molecular weight is 242 g/mol. The maximum Gasteiger partial charge on any atom is 0.123 e. The molecule has 0 amide bonds. The molecule has 3 heteroatoms. The second-order valence-electron chi connectivity index (χ2n) is 3.82. The summed E-state index contributed by atoms with van der Waals surface area (Å²) < 4.78 is 5.69. The Morgan fingerprint density at radius 2 is 2.12 bits per heavy atom. The van der Waals surface area contributed by atoms with Gasteiger partial charge in [0.2, 0.25) is 0 Å². The molecule has 1 N–H and O–H groups in total. The van der Waals surface area contributed by atoms with E-state index in [-0.39, 0.29) is 0 Å². The number of aryl methyl sites for hydroxylation is 1.